The fourth-order valence-corrected chi connectivity index (χ4v) is 2.26. The third-order valence-electron chi connectivity index (χ3n) is 2.51. The molecule has 0 aromatic heterocycles. The number of halogens is 1. The average Bonchev–Trinajstić information content (AvgIpc) is 2.44. The minimum Gasteiger partial charge on any atom is -0.371 e. The lowest BCUT2D eigenvalue weighted by Gasteiger charge is -2.31. The Bertz CT molecular complexity index is 185. The minimum atomic E-state index is 0.190. The lowest BCUT2D eigenvalue weighted by molar-refractivity contribution is -0.136. The van der Waals surface area contributed by atoms with Crippen molar-refractivity contribution in [2.75, 3.05) is 18.4 Å². The fraction of sp³-hybridized carbons (Fsp3) is 0.875. The Morgan fingerprint density at radius 2 is 2.00 bits per heavy atom. The van der Waals surface area contributed by atoms with Gasteiger partial charge in [0.1, 0.15) is 0 Å². The molecule has 0 spiro atoms. The van der Waals surface area contributed by atoms with Gasteiger partial charge in [0.15, 0.2) is 0 Å². The van der Waals surface area contributed by atoms with Crippen LogP contribution < -0.4 is 0 Å². The van der Waals surface area contributed by atoms with Crippen LogP contribution >= 0.6 is 15.9 Å². The first kappa shape index (κ1) is 8.51. The topological polar surface area (TPSA) is 29.5 Å². The summed E-state index contributed by atoms with van der Waals surface area (Å²) in [5.74, 6) is 0.190. The van der Waals surface area contributed by atoms with Crippen LogP contribution in [0.2, 0.25) is 0 Å². The highest BCUT2D eigenvalue weighted by atomic mass is 79.9. The number of ether oxygens (including phenoxy) is 1. The van der Waals surface area contributed by atoms with Gasteiger partial charge in [-0.3, -0.25) is 4.79 Å². The molecule has 0 N–H and O–H groups in total. The molecule has 2 heterocycles. The predicted molar refractivity (Wildman–Crippen MR) is 48.3 cm³/mol. The molecule has 2 fully saturated rings. The van der Waals surface area contributed by atoms with Gasteiger partial charge in [-0.05, 0) is 12.8 Å². The highest BCUT2D eigenvalue weighted by Crippen LogP contribution is 2.26. The van der Waals surface area contributed by atoms with Crippen LogP contribution in [0.3, 0.4) is 0 Å². The van der Waals surface area contributed by atoms with E-state index < -0.39 is 0 Å². The second kappa shape index (κ2) is 3.34. The Labute approximate surface area is 80.2 Å². The lowest BCUT2D eigenvalue weighted by atomic mass is 10.2. The van der Waals surface area contributed by atoms with E-state index in [-0.39, 0.29) is 5.91 Å². The Balaban J connectivity index is 1.98. The molecule has 2 aliphatic rings. The van der Waals surface area contributed by atoms with E-state index in [4.69, 9.17) is 4.74 Å². The van der Waals surface area contributed by atoms with Crippen LogP contribution in [0.5, 0.6) is 0 Å². The van der Waals surface area contributed by atoms with Gasteiger partial charge in [0.05, 0.1) is 17.5 Å². The summed E-state index contributed by atoms with van der Waals surface area (Å²) in [5, 5.41) is 0.437. The molecule has 0 aromatic carbocycles. The van der Waals surface area contributed by atoms with E-state index in [2.05, 4.69) is 15.9 Å². The van der Waals surface area contributed by atoms with Gasteiger partial charge in [-0.1, -0.05) is 15.9 Å². The summed E-state index contributed by atoms with van der Waals surface area (Å²) >= 11 is 3.18. The molecular formula is C8H12BrNO2. The van der Waals surface area contributed by atoms with Gasteiger partial charge in [-0.15, -0.1) is 0 Å². The Hall–Kier alpha value is -0.0900. The zero-order valence-corrected chi connectivity index (χ0v) is 8.42. The first-order valence-corrected chi connectivity index (χ1v) is 5.41. The van der Waals surface area contributed by atoms with E-state index in [0.29, 0.717) is 17.5 Å². The average molecular weight is 234 g/mol. The molecule has 0 aliphatic carbocycles. The molecule has 2 saturated heterocycles. The van der Waals surface area contributed by atoms with Crippen LogP contribution in [0.1, 0.15) is 12.8 Å². The molecule has 1 amide bonds. The van der Waals surface area contributed by atoms with Gasteiger partial charge in [0.2, 0.25) is 5.91 Å². The molecule has 2 atom stereocenters. The Morgan fingerprint density at radius 3 is 2.50 bits per heavy atom. The summed E-state index contributed by atoms with van der Waals surface area (Å²) in [6.07, 6.45) is 2.87. The second-order valence-corrected chi connectivity index (χ2v) is 3.95. The number of amides is 1. The summed E-state index contributed by atoms with van der Waals surface area (Å²) in [7, 11) is 0. The molecule has 0 saturated carbocycles. The summed E-state index contributed by atoms with van der Waals surface area (Å²) in [6, 6.07) is 0. The van der Waals surface area contributed by atoms with Crippen molar-refractivity contribution < 1.29 is 9.53 Å². The molecule has 2 rings (SSSR count). The van der Waals surface area contributed by atoms with Crippen LogP contribution in [-0.4, -0.2) is 41.4 Å². The molecule has 3 nitrogen and oxygen atoms in total. The molecule has 0 aromatic rings. The van der Waals surface area contributed by atoms with E-state index in [1.165, 1.54) is 0 Å². The first-order valence-electron chi connectivity index (χ1n) is 4.29. The predicted octanol–water partition coefficient (Wildman–Crippen LogP) is 0.771. The standard InChI is InChI=1S/C8H12BrNO2/c9-3-8(11)10-4-6-1-2-7(5-10)12-6/h6-7H,1-5H2. The molecule has 68 valence electrons. The van der Waals surface area contributed by atoms with Crippen LogP contribution in [0.25, 0.3) is 0 Å². The van der Waals surface area contributed by atoms with Gasteiger partial charge in [0, 0.05) is 13.1 Å². The van der Waals surface area contributed by atoms with Gasteiger partial charge < -0.3 is 9.64 Å². The maximum atomic E-state index is 11.3. The maximum absolute atomic E-state index is 11.3. The number of carbonyl (C=O) groups excluding carboxylic acids is 1. The first-order chi connectivity index (χ1) is 5.79. The summed E-state index contributed by atoms with van der Waals surface area (Å²) < 4.78 is 5.61. The van der Waals surface area contributed by atoms with E-state index in [1.807, 2.05) is 4.90 Å². The van der Waals surface area contributed by atoms with Gasteiger partial charge in [0.25, 0.3) is 0 Å². The van der Waals surface area contributed by atoms with E-state index >= 15 is 0 Å². The Kier molecular flexibility index (Phi) is 2.37. The fourth-order valence-electron chi connectivity index (χ4n) is 1.90. The van der Waals surface area contributed by atoms with Gasteiger partial charge in [-0.2, -0.15) is 0 Å². The third kappa shape index (κ3) is 1.50. The largest absolute Gasteiger partial charge is 0.371 e. The number of rotatable bonds is 1. The molecular weight excluding hydrogens is 222 g/mol. The minimum absolute atomic E-state index is 0.190. The molecule has 2 unspecified atom stereocenters. The smallest absolute Gasteiger partial charge is 0.233 e. The highest BCUT2D eigenvalue weighted by molar-refractivity contribution is 9.09. The highest BCUT2D eigenvalue weighted by Gasteiger charge is 2.35. The number of carbonyl (C=O) groups is 1. The zero-order chi connectivity index (χ0) is 8.55. The molecule has 0 radical (unpaired) electrons. The van der Waals surface area contributed by atoms with Crippen molar-refractivity contribution in [1.82, 2.24) is 4.90 Å². The van der Waals surface area contributed by atoms with Crippen molar-refractivity contribution in [2.45, 2.75) is 25.0 Å². The third-order valence-corrected chi connectivity index (χ3v) is 2.99. The summed E-state index contributed by atoms with van der Waals surface area (Å²) in [6.45, 7) is 1.59. The number of morpholine rings is 1. The Morgan fingerprint density at radius 1 is 1.42 bits per heavy atom. The van der Waals surface area contributed by atoms with Crippen LogP contribution in [0.4, 0.5) is 0 Å². The number of nitrogens with zero attached hydrogens (tertiary/aromatic N) is 1. The van der Waals surface area contributed by atoms with Gasteiger partial charge in [-0.25, -0.2) is 0 Å². The monoisotopic (exact) mass is 233 g/mol. The van der Waals surface area contributed by atoms with Crippen molar-refractivity contribution in [2.24, 2.45) is 0 Å². The quantitative estimate of drug-likeness (QED) is 0.627. The second-order valence-electron chi connectivity index (χ2n) is 3.39. The summed E-state index contributed by atoms with van der Waals surface area (Å²) in [5.41, 5.74) is 0. The van der Waals surface area contributed by atoms with Crippen molar-refractivity contribution >= 4 is 21.8 Å². The van der Waals surface area contributed by atoms with Crippen LogP contribution in [-0.2, 0) is 9.53 Å². The molecule has 12 heavy (non-hydrogen) atoms. The van der Waals surface area contributed by atoms with Gasteiger partial charge >= 0.3 is 0 Å². The lowest BCUT2D eigenvalue weighted by Crippen LogP contribution is -2.46. The number of hydrogen-bond donors (Lipinski definition) is 0. The summed E-state index contributed by atoms with van der Waals surface area (Å²) in [4.78, 5) is 13.2. The number of alkyl halides is 1. The molecule has 2 bridgehead atoms. The molecule has 4 heteroatoms. The van der Waals surface area contributed by atoms with E-state index in [9.17, 15) is 4.79 Å². The number of hydrogen-bond acceptors (Lipinski definition) is 2. The molecule has 2 aliphatic heterocycles. The maximum Gasteiger partial charge on any atom is 0.233 e. The van der Waals surface area contributed by atoms with Crippen molar-refractivity contribution in [3.8, 4) is 0 Å². The number of likely N-dealkylation sites (tertiary alicyclic amines) is 1. The zero-order valence-electron chi connectivity index (χ0n) is 6.83. The van der Waals surface area contributed by atoms with Crippen LogP contribution in [0.15, 0.2) is 0 Å². The van der Waals surface area contributed by atoms with E-state index in [1.54, 1.807) is 0 Å². The van der Waals surface area contributed by atoms with Crippen molar-refractivity contribution in [3.63, 3.8) is 0 Å². The van der Waals surface area contributed by atoms with Crippen molar-refractivity contribution in [1.29, 1.82) is 0 Å². The van der Waals surface area contributed by atoms with Crippen molar-refractivity contribution in [3.05, 3.63) is 0 Å². The van der Waals surface area contributed by atoms with E-state index in [0.717, 1.165) is 25.9 Å². The SMILES string of the molecule is O=C(CBr)N1CC2CCC(C1)O2. The van der Waals surface area contributed by atoms with Crippen LogP contribution in [0, 0.1) is 0 Å². The normalized spacial score (nSPS) is 33.9. The number of fused-ring (bicyclic) bond motifs is 2.